The third-order valence-corrected chi connectivity index (χ3v) is 2.48. The summed E-state index contributed by atoms with van der Waals surface area (Å²) in [7, 11) is 1.59. The molecule has 0 spiro atoms. The summed E-state index contributed by atoms with van der Waals surface area (Å²) in [5.74, 6) is -0.349. The van der Waals surface area contributed by atoms with Gasteiger partial charge in [-0.25, -0.2) is 14.8 Å². The lowest BCUT2D eigenvalue weighted by atomic mass is 10.2. The van der Waals surface area contributed by atoms with Crippen molar-refractivity contribution in [3.8, 4) is 11.4 Å². The number of anilines is 1. The molecule has 0 saturated heterocycles. The summed E-state index contributed by atoms with van der Waals surface area (Å²) < 4.78 is 4.92. The van der Waals surface area contributed by atoms with Crippen LogP contribution in [0.15, 0.2) is 30.6 Å². The number of nitrogens with one attached hydrogen (secondary N) is 1. The molecule has 0 saturated carbocycles. The summed E-state index contributed by atoms with van der Waals surface area (Å²) in [5, 5.41) is 12.1. The molecule has 104 valence electrons. The minimum absolute atomic E-state index is 0.0706. The molecule has 0 aromatic carbocycles. The zero-order valence-corrected chi connectivity index (χ0v) is 10.9. The van der Waals surface area contributed by atoms with E-state index in [1.807, 2.05) is 0 Å². The lowest BCUT2D eigenvalue weighted by Crippen LogP contribution is -2.11. The first-order valence-corrected chi connectivity index (χ1v) is 5.96. The molecule has 0 bridgehead atoms. The quantitative estimate of drug-likeness (QED) is 0.766. The molecule has 2 N–H and O–H groups in total. The molecular weight excluding hydrogens is 260 g/mol. The number of rotatable bonds is 6. The predicted molar refractivity (Wildman–Crippen MR) is 72.6 cm³/mol. The average Bonchev–Trinajstić information content (AvgIpc) is 2.48. The summed E-state index contributed by atoms with van der Waals surface area (Å²) >= 11 is 0. The monoisotopic (exact) mass is 274 g/mol. The second-order valence-electron chi connectivity index (χ2n) is 3.93. The Morgan fingerprint density at radius 1 is 1.45 bits per heavy atom. The van der Waals surface area contributed by atoms with Gasteiger partial charge in [-0.3, -0.25) is 4.98 Å². The van der Waals surface area contributed by atoms with Crippen molar-refractivity contribution >= 4 is 11.8 Å². The first kappa shape index (κ1) is 13.9. The van der Waals surface area contributed by atoms with Gasteiger partial charge in [-0.2, -0.15) is 0 Å². The van der Waals surface area contributed by atoms with Crippen LogP contribution in [0, 0.1) is 0 Å². The smallest absolute Gasteiger partial charge is 0.354 e. The van der Waals surface area contributed by atoms with Crippen LogP contribution in [-0.2, 0) is 4.74 Å². The van der Waals surface area contributed by atoms with Crippen LogP contribution in [0.2, 0.25) is 0 Å². The maximum atomic E-state index is 11.1. The Kier molecular flexibility index (Phi) is 4.56. The number of carboxylic acid groups (broad SMARTS) is 1. The van der Waals surface area contributed by atoms with Gasteiger partial charge in [-0.15, -0.1) is 0 Å². The van der Waals surface area contributed by atoms with E-state index in [2.05, 4.69) is 20.3 Å². The van der Waals surface area contributed by atoms with E-state index in [1.165, 1.54) is 6.07 Å². The van der Waals surface area contributed by atoms with Gasteiger partial charge in [0.05, 0.1) is 6.61 Å². The van der Waals surface area contributed by atoms with E-state index in [-0.39, 0.29) is 5.69 Å². The Labute approximate surface area is 115 Å². The Hall–Kier alpha value is -2.54. The third-order valence-electron chi connectivity index (χ3n) is 2.48. The zero-order valence-electron chi connectivity index (χ0n) is 10.9. The van der Waals surface area contributed by atoms with Gasteiger partial charge >= 0.3 is 5.97 Å². The van der Waals surface area contributed by atoms with Crippen molar-refractivity contribution in [2.24, 2.45) is 0 Å². The molecule has 0 aliphatic rings. The van der Waals surface area contributed by atoms with Crippen LogP contribution in [0.3, 0.4) is 0 Å². The van der Waals surface area contributed by atoms with Crippen LogP contribution in [0.5, 0.6) is 0 Å². The molecular formula is C13H14N4O3. The number of pyridine rings is 1. The number of carbonyl (C=O) groups is 1. The summed E-state index contributed by atoms with van der Waals surface area (Å²) in [6.07, 6.45) is 3.21. The van der Waals surface area contributed by atoms with Gasteiger partial charge in [0.2, 0.25) is 0 Å². The van der Waals surface area contributed by atoms with Crippen LogP contribution in [0.1, 0.15) is 10.5 Å². The Morgan fingerprint density at radius 3 is 2.95 bits per heavy atom. The van der Waals surface area contributed by atoms with E-state index in [9.17, 15) is 4.79 Å². The number of aromatic nitrogens is 3. The van der Waals surface area contributed by atoms with Crippen molar-refractivity contribution in [1.29, 1.82) is 0 Å². The van der Waals surface area contributed by atoms with Gasteiger partial charge in [0, 0.05) is 37.7 Å². The van der Waals surface area contributed by atoms with E-state index in [0.717, 1.165) is 0 Å². The highest BCUT2D eigenvalue weighted by Gasteiger charge is 2.11. The maximum absolute atomic E-state index is 11.1. The second kappa shape index (κ2) is 6.58. The Morgan fingerprint density at radius 2 is 2.30 bits per heavy atom. The van der Waals surface area contributed by atoms with E-state index in [0.29, 0.717) is 30.4 Å². The fraction of sp³-hybridized carbons (Fsp3) is 0.231. The number of aromatic carboxylic acids is 1. The average molecular weight is 274 g/mol. The normalized spacial score (nSPS) is 10.2. The number of ether oxygens (including phenoxy) is 1. The van der Waals surface area contributed by atoms with Crippen LogP contribution in [0.25, 0.3) is 11.4 Å². The van der Waals surface area contributed by atoms with Gasteiger partial charge in [0.15, 0.2) is 11.5 Å². The molecule has 2 rings (SSSR count). The van der Waals surface area contributed by atoms with Crippen molar-refractivity contribution in [1.82, 2.24) is 15.0 Å². The molecule has 2 heterocycles. The van der Waals surface area contributed by atoms with E-state index in [4.69, 9.17) is 9.84 Å². The van der Waals surface area contributed by atoms with Gasteiger partial charge < -0.3 is 15.2 Å². The van der Waals surface area contributed by atoms with Crippen molar-refractivity contribution in [2.75, 3.05) is 25.6 Å². The lowest BCUT2D eigenvalue weighted by Gasteiger charge is -2.08. The SMILES string of the molecule is COCCNc1cc(C(=O)O)nc(-c2cccnc2)n1. The molecule has 20 heavy (non-hydrogen) atoms. The molecule has 0 radical (unpaired) electrons. The highest BCUT2D eigenvalue weighted by molar-refractivity contribution is 5.86. The van der Waals surface area contributed by atoms with Crippen LogP contribution >= 0.6 is 0 Å². The fourth-order valence-corrected chi connectivity index (χ4v) is 1.55. The number of hydrogen-bond acceptors (Lipinski definition) is 6. The molecule has 0 amide bonds. The number of carboxylic acids is 1. The first-order chi connectivity index (χ1) is 9.70. The van der Waals surface area contributed by atoms with E-state index >= 15 is 0 Å². The standard InChI is InChI=1S/C13H14N4O3/c1-20-6-5-15-11-7-10(13(18)19)16-12(17-11)9-3-2-4-14-8-9/h2-4,7-8H,5-6H2,1H3,(H,18,19)(H,15,16,17). The Balaban J connectivity index is 2.34. The van der Waals surface area contributed by atoms with E-state index in [1.54, 1.807) is 31.6 Å². The zero-order chi connectivity index (χ0) is 14.4. The highest BCUT2D eigenvalue weighted by Crippen LogP contribution is 2.16. The van der Waals surface area contributed by atoms with Crippen molar-refractivity contribution in [3.05, 3.63) is 36.3 Å². The summed E-state index contributed by atoms with van der Waals surface area (Å²) in [4.78, 5) is 23.4. The topological polar surface area (TPSA) is 97.2 Å². The molecule has 2 aromatic heterocycles. The molecule has 0 atom stereocenters. The van der Waals surface area contributed by atoms with Crippen LogP contribution in [0.4, 0.5) is 5.82 Å². The summed E-state index contributed by atoms with van der Waals surface area (Å²) in [6, 6.07) is 4.90. The van der Waals surface area contributed by atoms with Crippen molar-refractivity contribution in [3.63, 3.8) is 0 Å². The molecule has 0 fully saturated rings. The molecule has 7 nitrogen and oxygen atoms in total. The van der Waals surface area contributed by atoms with Crippen LogP contribution in [-0.4, -0.2) is 46.3 Å². The molecule has 0 aliphatic carbocycles. The third kappa shape index (κ3) is 3.48. The molecule has 2 aromatic rings. The maximum Gasteiger partial charge on any atom is 0.354 e. The molecule has 0 unspecified atom stereocenters. The lowest BCUT2D eigenvalue weighted by molar-refractivity contribution is 0.0690. The largest absolute Gasteiger partial charge is 0.477 e. The number of methoxy groups -OCH3 is 1. The minimum atomic E-state index is -1.10. The van der Waals surface area contributed by atoms with Gasteiger partial charge in [-0.05, 0) is 12.1 Å². The van der Waals surface area contributed by atoms with Crippen molar-refractivity contribution < 1.29 is 14.6 Å². The van der Waals surface area contributed by atoms with Crippen LogP contribution < -0.4 is 5.32 Å². The van der Waals surface area contributed by atoms with Crippen molar-refractivity contribution in [2.45, 2.75) is 0 Å². The number of hydrogen-bond donors (Lipinski definition) is 2. The molecule has 0 aliphatic heterocycles. The highest BCUT2D eigenvalue weighted by atomic mass is 16.5. The second-order valence-corrected chi connectivity index (χ2v) is 3.93. The fourth-order valence-electron chi connectivity index (χ4n) is 1.55. The summed E-state index contributed by atoms with van der Waals surface area (Å²) in [5.41, 5.74) is 0.587. The molecule has 7 heteroatoms. The Bertz CT molecular complexity index is 589. The predicted octanol–water partition coefficient (Wildman–Crippen LogP) is 1.30. The first-order valence-electron chi connectivity index (χ1n) is 5.96. The van der Waals surface area contributed by atoms with Gasteiger partial charge in [0.25, 0.3) is 0 Å². The summed E-state index contributed by atoms with van der Waals surface area (Å²) in [6.45, 7) is 1.02. The van der Waals surface area contributed by atoms with Gasteiger partial charge in [0.1, 0.15) is 5.82 Å². The minimum Gasteiger partial charge on any atom is -0.477 e. The van der Waals surface area contributed by atoms with Gasteiger partial charge in [-0.1, -0.05) is 0 Å². The number of nitrogens with zero attached hydrogens (tertiary/aromatic N) is 3. The van der Waals surface area contributed by atoms with E-state index < -0.39 is 5.97 Å².